The van der Waals surface area contributed by atoms with Crippen molar-refractivity contribution < 1.29 is 23.1 Å². The summed E-state index contributed by atoms with van der Waals surface area (Å²) in [5.74, 6) is 0. The van der Waals surface area contributed by atoms with Crippen LogP contribution in [-0.4, -0.2) is 11.4 Å². The van der Waals surface area contributed by atoms with Gasteiger partial charge in [-0.05, 0) is 0 Å². The summed E-state index contributed by atoms with van der Waals surface area (Å²) in [6, 6.07) is 0. The van der Waals surface area contributed by atoms with Gasteiger partial charge in [0.15, 0.2) is 0 Å². The molecule has 0 aliphatic carbocycles. The van der Waals surface area contributed by atoms with E-state index in [2.05, 4.69) is 4.84 Å². The highest BCUT2D eigenvalue weighted by Crippen LogP contribution is 2.15. The van der Waals surface area contributed by atoms with Gasteiger partial charge in [-0.15, -0.1) is 23.3 Å². The zero-order valence-corrected chi connectivity index (χ0v) is 4.01. The summed E-state index contributed by atoms with van der Waals surface area (Å²) in [6.45, 7) is 0. The van der Waals surface area contributed by atoms with Gasteiger partial charge in [-0.3, -0.25) is 0 Å². The molecular formula is CH3F3N2O3. The second-order valence-electron chi connectivity index (χ2n) is 0.761. The van der Waals surface area contributed by atoms with Crippen LogP contribution in [0.4, 0.5) is 13.2 Å². The van der Waals surface area contributed by atoms with Gasteiger partial charge in [-0.25, -0.2) is 4.84 Å². The van der Waals surface area contributed by atoms with Crippen molar-refractivity contribution in [3.8, 4) is 0 Å². The van der Waals surface area contributed by atoms with Crippen molar-refractivity contribution in [3.05, 3.63) is 10.1 Å². The molecular weight excluding hydrogens is 145 g/mol. The van der Waals surface area contributed by atoms with Crippen LogP contribution >= 0.6 is 0 Å². The molecule has 0 rings (SSSR count). The molecule has 0 atom stereocenters. The summed E-state index contributed by atoms with van der Waals surface area (Å²) in [4.78, 5) is 11.0. The molecule has 0 aliphatic heterocycles. The molecule has 0 spiro atoms. The molecule has 0 bridgehead atoms. The van der Waals surface area contributed by atoms with E-state index in [0.717, 1.165) is 0 Å². The van der Waals surface area contributed by atoms with Gasteiger partial charge in [0.2, 0.25) is 0 Å². The lowest BCUT2D eigenvalue weighted by atomic mass is 11.4. The fourth-order valence-corrected chi connectivity index (χ4v) is 0.0845. The van der Waals surface area contributed by atoms with E-state index >= 15 is 0 Å². The largest absolute Gasteiger partial charge is 0.554 e. The quantitative estimate of drug-likeness (QED) is 0.441. The Morgan fingerprint density at radius 1 is 1.44 bits per heavy atom. The Labute approximate surface area is 47.1 Å². The van der Waals surface area contributed by atoms with E-state index in [-0.39, 0.29) is 6.15 Å². The maximum Gasteiger partial charge on any atom is 0.554 e. The molecule has 8 heteroatoms. The van der Waals surface area contributed by atoms with E-state index in [4.69, 9.17) is 10.1 Å². The average molecular weight is 148 g/mol. The van der Waals surface area contributed by atoms with Crippen LogP contribution in [0, 0.1) is 10.1 Å². The molecule has 0 aromatic carbocycles. The minimum atomic E-state index is -5.18. The van der Waals surface area contributed by atoms with Crippen LogP contribution in [-0.2, 0) is 4.84 Å². The molecule has 0 saturated heterocycles. The Morgan fingerprint density at radius 3 is 1.78 bits per heavy atom. The van der Waals surface area contributed by atoms with E-state index < -0.39 is 11.4 Å². The van der Waals surface area contributed by atoms with Gasteiger partial charge in [0.05, 0.1) is 0 Å². The number of hydrogen-bond acceptors (Lipinski definition) is 4. The first-order valence-corrected chi connectivity index (χ1v) is 1.32. The molecule has 56 valence electrons. The zero-order chi connectivity index (χ0) is 6.78. The summed E-state index contributed by atoms with van der Waals surface area (Å²) in [5.41, 5.74) is 0. The van der Waals surface area contributed by atoms with E-state index in [1.54, 1.807) is 0 Å². The predicted molar refractivity (Wildman–Crippen MR) is 19.2 cm³/mol. The molecule has 0 fully saturated rings. The zero-order valence-electron chi connectivity index (χ0n) is 4.01. The van der Waals surface area contributed by atoms with Crippen LogP contribution in [0.2, 0.25) is 0 Å². The topological polar surface area (TPSA) is 87.4 Å². The van der Waals surface area contributed by atoms with Gasteiger partial charge >= 0.3 is 11.4 Å². The third kappa shape index (κ3) is 10.9. The van der Waals surface area contributed by atoms with Crippen molar-refractivity contribution in [1.82, 2.24) is 6.15 Å². The van der Waals surface area contributed by atoms with Crippen LogP contribution in [0.25, 0.3) is 0 Å². The lowest BCUT2D eigenvalue weighted by Crippen LogP contribution is -2.17. The first kappa shape index (κ1) is 10.8. The first-order chi connectivity index (χ1) is 3.42. The average Bonchev–Trinajstić information content (AvgIpc) is 1.21. The minimum Gasteiger partial charge on any atom is -0.344 e. The number of halogens is 3. The molecule has 0 radical (unpaired) electrons. The predicted octanol–water partition coefficient (Wildman–Crippen LogP) is 0.876. The van der Waals surface area contributed by atoms with Crippen molar-refractivity contribution in [2.75, 3.05) is 0 Å². The van der Waals surface area contributed by atoms with Crippen molar-refractivity contribution in [2.45, 2.75) is 6.36 Å². The smallest absolute Gasteiger partial charge is 0.344 e. The van der Waals surface area contributed by atoms with Gasteiger partial charge < -0.3 is 6.15 Å². The molecule has 0 amide bonds. The van der Waals surface area contributed by atoms with Crippen molar-refractivity contribution in [3.63, 3.8) is 0 Å². The molecule has 3 N–H and O–H groups in total. The molecule has 0 saturated carbocycles. The van der Waals surface area contributed by atoms with Crippen LogP contribution in [0.3, 0.4) is 0 Å². The third-order valence-electron chi connectivity index (χ3n) is 0.178. The van der Waals surface area contributed by atoms with Crippen LogP contribution in [0.5, 0.6) is 0 Å². The van der Waals surface area contributed by atoms with Crippen LogP contribution in [0.15, 0.2) is 0 Å². The van der Waals surface area contributed by atoms with Gasteiger partial charge in [-0.2, -0.15) is 0 Å². The molecule has 0 aromatic rings. The maximum absolute atomic E-state index is 10.6. The second kappa shape index (κ2) is 3.07. The lowest BCUT2D eigenvalue weighted by molar-refractivity contribution is -0.814. The van der Waals surface area contributed by atoms with Crippen molar-refractivity contribution in [2.24, 2.45) is 0 Å². The Morgan fingerprint density at radius 2 is 1.78 bits per heavy atom. The Kier molecular flexibility index (Phi) is 3.70. The van der Waals surface area contributed by atoms with Gasteiger partial charge in [0, 0.05) is 0 Å². The summed E-state index contributed by atoms with van der Waals surface area (Å²) < 4.78 is 31.9. The number of rotatable bonds is 1. The minimum absolute atomic E-state index is 0. The van der Waals surface area contributed by atoms with Crippen LogP contribution < -0.4 is 6.15 Å². The monoisotopic (exact) mass is 148 g/mol. The van der Waals surface area contributed by atoms with Crippen LogP contribution in [0.1, 0.15) is 0 Å². The van der Waals surface area contributed by atoms with E-state index in [0.29, 0.717) is 0 Å². The molecule has 0 unspecified atom stereocenters. The molecule has 5 nitrogen and oxygen atoms in total. The van der Waals surface area contributed by atoms with Crippen molar-refractivity contribution in [1.29, 1.82) is 0 Å². The Balaban J connectivity index is 0. The summed E-state index contributed by atoms with van der Waals surface area (Å²) in [5, 5.41) is 6.96. The fourth-order valence-electron chi connectivity index (χ4n) is 0.0845. The second-order valence-corrected chi connectivity index (χ2v) is 0.761. The van der Waals surface area contributed by atoms with Gasteiger partial charge in [-0.1, -0.05) is 0 Å². The highest BCUT2D eigenvalue weighted by Gasteiger charge is 2.32. The highest BCUT2D eigenvalue weighted by molar-refractivity contribution is 4.13. The third-order valence-corrected chi connectivity index (χ3v) is 0.178. The molecule has 0 aromatic heterocycles. The number of nitrogens with zero attached hydrogens (tertiary/aromatic N) is 1. The number of alkyl halides is 3. The number of hydrogen-bond donors (Lipinski definition) is 1. The standard InChI is InChI=1S/CF3NO3.H3N/c2-1(3,4)8-5(6)7;/h;1H3. The first-order valence-electron chi connectivity index (χ1n) is 1.32. The molecule has 0 aliphatic rings. The normalized spacial score (nSPS) is 9.67. The highest BCUT2D eigenvalue weighted by atomic mass is 19.4. The van der Waals surface area contributed by atoms with Crippen molar-refractivity contribution >= 4 is 0 Å². The van der Waals surface area contributed by atoms with E-state index in [1.165, 1.54) is 0 Å². The molecule has 9 heavy (non-hydrogen) atoms. The summed E-state index contributed by atoms with van der Waals surface area (Å²) in [6.07, 6.45) is -5.18. The maximum atomic E-state index is 10.6. The summed E-state index contributed by atoms with van der Waals surface area (Å²) in [7, 11) is 0. The lowest BCUT2D eigenvalue weighted by Gasteiger charge is -1.98. The van der Waals surface area contributed by atoms with E-state index in [1.807, 2.05) is 0 Å². The Bertz CT molecular complexity index is 99.7. The fraction of sp³-hybridized carbons (Fsp3) is 1.00. The van der Waals surface area contributed by atoms with E-state index in [9.17, 15) is 13.2 Å². The van der Waals surface area contributed by atoms with Gasteiger partial charge in [0.25, 0.3) is 0 Å². The molecule has 0 heterocycles. The summed E-state index contributed by atoms with van der Waals surface area (Å²) >= 11 is 0. The Hall–Kier alpha value is -1.05. The SMILES string of the molecule is N.O=[N+]([O-])OC(F)(F)F. The van der Waals surface area contributed by atoms with Gasteiger partial charge in [0.1, 0.15) is 0 Å².